The van der Waals surface area contributed by atoms with Crippen molar-refractivity contribution >= 4 is 16.7 Å². The van der Waals surface area contributed by atoms with Gasteiger partial charge in [-0.1, -0.05) is 97.1 Å². The minimum Gasteiger partial charge on any atom is -0.351 e. The molecule has 0 saturated carbocycles. The van der Waals surface area contributed by atoms with Crippen molar-refractivity contribution in [3.05, 3.63) is 120 Å². The molecule has 132 valence electrons. The fraction of sp³-hybridized carbons (Fsp3) is 0.0800. The van der Waals surface area contributed by atoms with E-state index < -0.39 is 0 Å². The molecule has 2 heteroatoms. The highest BCUT2D eigenvalue weighted by Gasteiger charge is 2.22. The quantitative estimate of drug-likeness (QED) is 0.520. The lowest BCUT2D eigenvalue weighted by Crippen LogP contribution is -2.29. The molecule has 0 atom stereocenters. The van der Waals surface area contributed by atoms with Gasteiger partial charge in [0.2, 0.25) is 5.91 Å². The zero-order valence-electron chi connectivity index (χ0n) is 15.0. The summed E-state index contributed by atoms with van der Waals surface area (Å²) in [6.45, 7) is 0.514. The first-order valence-electron chi connectivity index (χ1n) is 9.16. The van der Waals surface area contributed by atoms with Crippen LogP contribution >= 0.6 is 0 Å². The minimum atomic E-state index is -0.312. The predicted octanol–water partition coefficient (Wildman–Crippen LogP) is 5.29. The Kier molecular flexibility index (Phi) is 4.97. The molecular weight excluding hydrogens is 330 g/mol. The first kappa shape index (κ1) is 17.0. The van der Waals surface area contributed by atoms with E-state index in [1.807, 2.05) is 72.8 Å². The summed E-state index contributed by atoms with van der Waals surface area (Å²) in [7, 11) is 0. The average molecular weight is 351 g/mol. The number of hydrogen-bond donors (Lipinski definition) is 1. The molecule has 4 aromatic carbocycles. The molecule has 0 radical (unpaired) electrons. The van der Waals surface area contributed by atoms with Crippen LogP contribution in [0.5, 0.6) is 0 Å². The Hall–Kier alpha value is -3.39. The van der Waals surface area contributed by atoms with Crippen molar-refractivity contribution in [3.63, 3.8) is 0 Å². The van der Waals surface area contributed by atoms with Crippen LogP contribution in [0, 0.1) is 0 Å². The van der Waals surface area contributed by atoms with Gasteiger partial charge in [0.05, 0.1) is 5.92 Å². The van der Waals surface area contributed by atoms with E-state index in [0.717, 1.165) is 16.7 Å². The molecule has 2 nitrogen and oxygen atoms in total. The third kappa shape index (κ3) is 3.90. The van der Waals surface area contributed by atoms with Crippen molar-refractivity contribution in [1.82, 2.24) is 5.32 Å². The van der Waals surface area contributed by atoms with Crippen molar-refractivity contribution in [1.29, 1.82) is 0 Å². The molecule has 1 N–H and O–H groups in total. The summed E-state index contributed by atoms with van der Waals surface area (Å²) in [5.41, 5.74) is 3.10. The Balaban J connectivity index is 1.56. The zero-order valence-corrected chi connectivity index (χ0v) is 15.0. The Labute approximate surface area is 159 Å². The number of benzene rings is 4. The van der Waals surface area contributed by atoms with Crippen LogP contribution in [0.3, 0.4) is 0 Å². The van der Waals surface area contributed by atoms with Gasteiger partial charge in [0.1, 0.15) is 0 Å². The van der Waals surface area contributed by atoms with Gasteiger partial charge in [0.25, 0.3) is 0 Å². The largest absolute Gasteiger partial charge is 0.351 e. The monoisotopic (exact) mass is 351 g/mol. The number of hydrogen-bond acceptors (Lipinski definition) is 1. The lowest BCUT2D eigenvalue weighted by molar-refractivity contribution is -0.121. The van der Waals surface area contributed by atoms with Gasteiger partial charge in [-0.2, -0.15) is 0 Å². The van der Waals surface area contributed by atoms with E-state index in [2.05, 4.69) is 35.6 Å². The number of rotatable bonds is 5. The maximum absolute atomic E-state index is 13.1. The average Bonchev–Trinajstić information content (AvgIpc) is 2.74. The van der Waals surface area contributed by atoms with Gasteiger partial charge in [-0.05, 0) is 33.5 Å². The molecule has 0 bridgehead atoms. The van der Waals surface area contributed by atoms with Gasteiger partial charge in [0.15, 0.2) is 0 Å². The van der Waals surface area contributed by atoms with Gasteiger partial charge < -0.3 is 5.32 Å². The van der Waals surface area contributed by atoms with Crippen LogP contribution in [0.1, 0.15) is 22.6 Å². The van der Waals surface area contributed by atoms with Crippen LogP contribution in [0.25, 0.3) is 10.8 Å². The zero-order chi connectivity index (χ0) is 18.5. The van der Waals surface area contributed by atoms with E-state index in [9.17, 15) is 4.79 Å². The topological polar surface area (TPSA) is 29.1 Å². The molecule has 0 spiro atoms. The third-order valence-electron chi connectivity index (χ3n) is 4.81. The fourth-order valence-electron chi connectivity index (χ4n) is 3.43. The van der Waals surface area contributed by atoms with Gasteiger partial charge in [0, 0.05) is 6.54 Å². The van der Waals surface area contributed by atoms with Crippen LogP contribution in [0.15, 0.2) is 103 Å². The second kappa shape index (κ2) is 7.88. The summed E-state index contributed by atoms with van der Waals surface area (Å²) in [4.78, 5) is 13.1. The molecule has 0 aliphatic heterocycles. The molecule has 1 amide bonds. The van der Waals surface area contributed by atoms with Crippen molar-refractivity contribution < 1.29 is 4.79 Å². The molecule has 0 heterocycles. The second-order valence-electron chi connectivity index (χ2n) is 6.65. The minimum absolute atomic E-state index is 0.0144. The van der Waals surface area contributed by atoms with E-state index in [1.165, 1.54) is 10.8 Å². The van der Waals surface area contributed by atoms with Gasteiger partial charge >= 0.3 is 0 Å². The summed E-state index contributed by atoms with van der Waals surface area (Å²) in [5, 5.41) is 5.52. The van der Waals surface area contributed by atoms with Crippen molar-refractivity contribution in [2.24, 2.45) is 0 Å². The van der Waals surface area contributed by atoms with Gasteiger partial charge in [-0.3, -0.25) is 4.79 Å². The summed E-state index contributed by atoms with van der Waals surface area (Å²) in [6.07, 6.45) is 0. The summed E-state index contributed by atoms with van der Waals surface area (Å²) < 4.78 is 0. The summed E-state index contributed by atoms with van der Waals surface area (Å²) in [6, 6.07) is 34.4. The van der Waals surface area contributed by atoms with Crippen LogP contribution in [-0.4, -0.2) is 5.91 Å². The highest BCUT2D eigenvalue weighted by Crippen LogP contribution is 2.25. The van der Waals surface area contributed by atoms with E-state index in [-0.39, 0.29) is 11.8 Å². The maximum Gasteiger partial charge on any atom is 0.232 e. The Morgan fingerprint density at radius 3 is 1.85 bits per heavy atom. The van der Waals surface area contributed by atoms with Crippen LogP contribution in [0.2, 0.25) is 0 Å². The molecule has 0 aliphatic carbocycles. The van der Waals surface area contributed by atoms with E-state index in [1.54, 1.807) is 0 Å². The summed E-state index contributed by atoms with van der Waals surface area (Å²) >= 11 is 0. The smallest absolute Gasteiger partial charge is 0.232 e. The molecule has 0 aliphatic rings. The molecule has 4 rings (SSSR count). The standard InChI is InChI=1S/C25H21NO/c27-25(26-18-19-15-16-20-9-7-8-14-23(20)17-19)24(21-10-3-1-4-11-21)22-12-5-2-6-13-22/h1-17,24H,18H2,(H,26,27). The number of nitrogens with one attached hydrogen (secondary N) is 1. The molecule has 4 aromatic rings. The second-order valence-corrected chi connectivity index (χ2v) is 6.65. The molecule has 0 saturated heterocycles. The van der Waals surface area contributed by atoms with Crippen LogP contribution in [0.4, 0.5) is 0 Å². The Morgan fingerprint density at radius 1 is 0.667 bits per heavy atom. The van der Waals surface area contributed by atoms with Crippen molar-refractivity contribution in [2.75, 3.05) is 0 Å². The van der Waals surface area contributed by atoms with E-state index >= 15 is 0 Å². The lowest BCUT2D eigenvalue weighted by Gasteiger charge is -2.18. The molecule has 0 aromatic heterocycles. The number of carbonyl (C=O) groups is 1. The SMILES string of the molecule is O=C(NCc1ccc2ccccc2c1)C(c1ccccc1)c1ccccc1. The maximum atomic E-state index is 13.1. The van der Waals surface area contributed by atoms with Crippen LogP contribution in [-0.2, 0) is 11.3 Å². The molecule has 27 heavy (non-hydrogen) atoms. The van der Waals surface area contributed by atoms with Crippen molar-refractivity contribution in [3.8, 4) is 0 Å². The normalized spacial score (nSPS) is 10.9. The lowest BCUT2D eigenvalue weighted by atomic mass is 9.90. The highest BCUT2D eigenvalue weighted by atomic mass is 16.1. The molecular formula is C25H21NO. The fourth-order valence-corrected chi connectivity index (χ4v) is 3.43. The number of carbonyl (C=O) groups excluding carboxylic acids is 1. The first-order valence-corrected chi connectivity index (χ1v) is 9.16. The van der Waals surface area contributed by atoms with Gasteiger partial charge in [-0.25, -0.2) is 0 Å². The molecule has 0 unspecified atom stereocenters. The first-order chi connectivity index (χ1) is 13.3. The number of fused-ring (bicyclic) bond motifs is 1. The van der Waals surface area contributed by atoms with E-state index in [4.69, 9.17) is 0 Å². The van der Waals surface area contributed by atoms with Gasteiger partial charge in [-0.15, -0.1) is 0 Å². The Morgan fingerprint density at radius 2 is 1.22 bits per heavy atom. The Bertz CT molecular complexity index is 1000. The highest BCUT2D eigenvalue weighted by molar-refractivity contribution is 5.87. The number of amides is 1. The van der Waals surface area contributed by atoms with Crippen molar-refractivity contribution in [2.45, 2.75) is 12.5 Å². The third-order valence-corrected chi connectivity index (χ3v) is 4.81. The van der Waals surface area contributed by atoms with Crippen LogP contribution < -0.4 is 5.32 Å². The summed E-state index contributed by atoms with van der Waals surface area (Å²) in [5.74, 6) is -0.298. The predicted molar refractivity (Wildman–Crippen MR) is 111 cm³/mol. The van der Waals surface area contributed by atoms with E-state index in [0.29, 0.717) is 6.54 Å². The molecule has 0 fully saturated rings.